The molecule has 0 radical (unpaired) electrons. The molecule has 0 amide bonds. The Labute approximate surface area is 274 Å². The predicted molar refractivity (Wildman–Crippen MR) is 168 cm³/mol. The van der Waals surface area contributed by atoms with E-state index >= 15 is 0 Å². The maximum atomic E-state index is 12.6. The zero-order chi connectivity index (χ0) is 35.6. The van der Waals surface area contributed by atoms with Crippen molar-refractivity contribution in [3.63, 3.8) is 0 Å². The summed E-state index contributed by atoms with van der Waals surface area (Å²) in [6.07, 6.45) is 4.88. The molecule has 0 bridgehead atoms. The highest BCUT2D eigenvalue weighted by molar-refractivity contribution is 5.82. The monoisotopic (exact) mass is 666 g/mol. The third kappa shape index (κ3) is 19.6. The molecule has 0 aliphatic heterocycles. The molecule has 0 aromatic rings. The van der Waals surface area contributed by atoms with Crippen LogP contribution in [0.4, 0.5) is 0 Å². The van der Waals surface area contributed by atoms with Gasteiger partial charge in [-0.2, -0.15) is 0 Å². The van der Waals surface area contributed by atoms with Crippen LogP contribution in [-0.4, -0.2) is 115 Å². The number of carbonyl (C=O) groups is 6. The van der Waals surface area contributed by atoms with E-state index in [4.69, 9.17) is 38.9 Å². The number of nitrogens with two attached hydrogens (primary N) is 1. The van der Waals surface area contributed by atoms with E-state index in [1.165, 1.54) is 0 Å². The number of rotatable bonds is 29. The summed E-state index contributed by atoms with van der Waals surface area (Å²) in [6.45, 7) is 15.0. The van der Waals surface area contributed by atoms with Crippen LogP contribution in [0.15, 0.2) is 62.8 Å². The number of esters is 5. The lowest BCUT2D eigenvalue weighted by atomic mass is 9.90. The van der Waals surface area contributed by atoms with Crippen LogP contribution in [0.2, 0.25) is 0 Å². The maximum absolute atomic E-state index is 12.6. The van der Waals surface area contributed by atoms with Gasteiger partial charge in [-0.3, -0.25) is 9.59 Å². The molecule has 15 heteroatoms. The molecule has 47 heavy (non-hydrogen) atoms. The van der Waals surface area contributed by atoms with Crippen molar-refractivity contribution in [3.05, 3.63) is 62.8 Å². The van der Waals surface area contributed by atoms with Crippen molar-refractivity contribution in [2.24, 2.45) is 16.6 Å². The molecule has 0 aromatic carbocycles. The zero-order valence-corrected chi connectivity index (χ0v) is 26.7. The van der Waals surface area contributed by atoms with E-state index < -0.39 is 73.7 Å². The maximum Gasteiger partial charge on any atom is 0.330 e. The molecule has 0 unspecified atom stereocenters. The topological polar surface area (TPSA) is 205 Å². The van der Waals surface area contributed by atoms with Crippen molar-refractivity contribution in [2.45, 2.75) is 12.8 Å². The van der Waals surface area contributed by atoms with E-state index in [0.717, 1.165) is 30.7 Å². The van der Waals surface area contributed by atoms with Crippen molar-refractivity contribution >= 4 is 36.1 Å². The summed E-state index contributed by atoms with van der Waals surface area (Å²) in [5.41, 5.74) is 2.73. The highest BCUT2D eigenvalue weighted by Gasteiger charge is 2.40. The summed E-state index contributed by atoms with van der Waals surface area (Å²) >= 11 is 0. The van der Waals surface area contributed by atoms with Gasteiger partial charge in [-0.1, -0.05) is 32.9 Å². The lowest BCUT2D eigenvalue weighted by molar-refractivity contribution is -0.169. The predicted octanol–water partition coefficient (Wildman–Crippen LogP) is 0.536. The Balaban J connectivity index is 6.27. The van der Waals surface area contributed by atoms with Crippen LogP contribution in [-0.2, 0) is 61.9 Å². The van der Waals surface area contributed by atoms with E-state index in [1.54, 1.807) is 0 Å². The van der Waals surface area contributed by atoms with Gasteiger partial charge in [0.05, 0.1) is 43.7 Å². The van der Waals surface area contributed by atoms with Gasteiger partial charge in [0.2, 0.25) is 0 Å². The van der Waals surface area contributed by atoms with Crippen LogP contribution in [0, 0.1) is 10.8 Å². The number of hydrogen-bond acceptors (Lipinski definition) is 15. The highest BCUT2D eigenvalue weighted by atomic mass is 16.6. The minimum atomic E-state index is -1.46. The quantitative estimate of drug-likeness (QED) is 0.0367. The third-order valence-electron chi connectivity index (χ3n) is 6.03. The molecule has 0 aliphatic carbocycles. The minimum absolute atomic E-state index is 0.00370. The molecule has 0 atom stereocenters. The van der Waals surface area contributed by atoms with Gasteiger partial charge in [0.1, 0.15) is 39.3 Å². The van der Waals surface area contributed by atoms with Gasteiger partial charge in [0, 0.05) is 36.4 Å². The van der Waals surface area contributed by atoms with E-state index in [0.29, 0.717) is 25.9 Å². The van der Waals surface area contributed by atoms with Gasteiger partial charge < -0.3 is 44.2 Å². The van der Waals surface area contributed by atoms with Crippen LogP contribution in [0.25, 0.3) is 0 Å². The Hall–Kier alpha value is -4.44. The first-order chi connectivity index (χ1) is 22.4. The molecular formula is C32H46N2O13. The van der Waals surface area contributed by atoms with Gasteiger partial charge in [-0.25, -0.2) is 19.2 Å². The Morgan fingerprint density at radius 3 is 1.43 bits per heavy atom. The second kappa shape index (κ2) is 24.7. The SMILES string of the molecule is C=CC(=O)OCC(COCC(=C)C=O)(COCC(COC(=O)C=C)(COC(=O)C=C)COC(=O)CCNCCCN)COC(=O)C=C. The number of ether oxygens (including phenoxy) is 7. The van der Waals surface area contributed by atoms with Crippen LogP contribution < -0.4 is 11.1 Å². The van der Waals surface area contributed by atoms with Crippen molar-refractivity contribution < 1.29 is 61.9 Å². The van der Waals surface area contributed by atoms with Crippen LogP contribution in [0.1, 0.15) is 12.8 Å². The summed E-state index contributed by atoms with van der Waals surface area (Å²) in [5, 5.41) is 3.05. The summed E-state index contributed by atoms with van der Waals surface area (Å²) in [7, 11) is 0. The van der Waals surface area contributed by atoms with Crippen molar-refractivity contribution in [3.8, 4) is 0 Å². The second-order valence-electron chi connectivity index (χ2n) is 10.3. The fraction of sp³-hybridized carbons (Fsp3) is 0.500. The normalized spacial score (nSPS) is 10.9. The number of aldehydes is 1. The molecule has 0 spiro atoms. The fourth-order valence-corrected chi connectivity index (χ4v) is 3.40. The van der Waals surface area contributed by atoms with Gasteiger partial charge in [-0.15, -0.1) is 0 Å². The Kier molecular flexibility index (Phi) is 22.4. The van der Waals surface area contributed by atoms with E-state index in [2.05, 4.69) is 38.2 Å². The Morgan fingerprint density at radius 1 is 0.617 bits per heavy atom. The summed E-state index contributed by atoms with van der Waals surface area (Å²) in [4.78, 5) is 71.6. The molecule has 0 saturated carbocycles. The average molecular weight is 667 g/mol. The van der Waals surface area contributed by atoms with Gasteiger partial charge >= 0.3 is 29.8 Å². The molecule has 3 N–H and O–H groups in total. The standard InChI is InChI=1S/C32H46N2O13/c1-6-26(36)43-20-31(21-44-27(37)7-2,17-41-16-25(5)15-35)18-42-19-32(22-45-28(38)8-3,23-46-29(39)9-4)24-47-30(40)11-14-34-13-10-12-33/h6-9,15,34H,1-5,10-14,16-24,33H2. The molecule has 0 aromatic heterocycles. The first kappa shape index (κ1) is 42.6. The highest BCUT2D eigenvalue weighted by Crippen LogP contribution is 2.26. The van der Waals surface area contributed by atoms with Crippen molar-refractivity contribution in [2.75, 3.05) is 79.1 Å². The molecule has 0 saturated heterocycles. The number of nitrogens with one attached hydrogen (secondary N) is 1. The zero-order valence-electron chi connectivity index (χ0n) is 26.7. The van der Waals surface area contributed by atoms with Gasteiger partial charge in [0.15, 0.2) is 0 Å². The molecule has 15 nitrogen and oxygen atoms in total. The third-order valence-corrected chi connectivity index (χ3v) is 6.03. The van der Waals surface area contributed by atoms with Gasteiger partial charge in [-0.05, 0) is 19.5 Å². The average Bonchev–Trinajstić information content (AvgIpc) is 3.08. The molecule has 0 rings (SSSR count). The Morgan fingerprint density at radius 2 is 1.02 bits per heavy atom. The van der Waals surface area contributed by atoms with Crippen LogP contribution >= 0.6 is 0 Å². The molecule has 0 fully saturated rings. The molecule has 262 valence electrons. The van der Waals surface area contributed by atoms with E-state index in [-0.39, 0.29) is 38.4 Å². The van der Waals surface area contributed by atoms with E-state index in [9.17, 15) is 28.8 Å². The Bertz CT molecular complexity index is 1050. The summed E-state index contributed by atoms with van der Waals surface area (Å²) in [6, 6.07) is 0. The summed E-state index contributed by atoms with van der Waals surface area (Å²) < 4.78 is 38.1. The summed E-state index contributed by atoms with van der Waals surface area (Å²) in [5.74, 6) is -3.83. The molecular weight excluding hydrogens is 620 g/mol. The van der Waals surface area contributed by atoms with Gasteiger partial charge in [0.25, 0.3) is 0 Å². The van der Waals surface area contributed by atoms with Crippen LogP contribution in [0.3, 0.4) is 0 Å². The van der Waals surface area contributed by atoms with Crippen LogP contribution in [0.5, 0.6) is 0 Å². The lowest BCUT2D eigenvalue weighted by Crippen LogP contribution is -2.47. The lowest BCUT2D eigenvalue weighted by Gasteiger charge is -2.35. The number of hydrogen-bond donors (Lipinski definition) is 2. The van der Waals surface area contributed by atoms with Crippen molar-refractivity contribution in [1.29, 1.82) is 0 Å². The minimum Gasteiger partial charge on any atom is -0.465 e. The largest absolute Gasteiger partial charge is 0.465 e. The van der Waals surface area contributed by atoms with Crippen molar-refractivity contribution in [1.82, 2.24) is 5.32 Å². The second-order valence-corrected chi connectivity index (χ2v) is 10.3. The first-order valence-electron chi connectivity index (χ1n) is 14.5. The molecule has 0 aliphatic rings. The fourth-order valence-electron chi connectivity index (χ4n) is 3.40. The first-order valence-corrected chi connectivity index (χ1v) is 14.5. The smallest absolute Gasteiger partial charge is 0.330 e. The van der Waals surface area contributed by atoms with E-state index in [1.807, 2.05) is 0 Å². The number of carbonyl (C=O) groups excluding carboxylic acids is 6. The molecule has 0 heterocycles.